The van der Waals surface area contributed by atoms with Crippen LogP contribution in [0.15, 0.2) is 27.7 Å². The summed E-state index contributed by atoms with van der Waals surface area (Å²) >= 11 is 3.36. The molecule has 4 heteroatoms. The molecular weight excluding hydrogens is 282 g/mol. The molecule has 1 fully saturated rings. The summed E-state index contributed by atoms with van der Waals surface area (Å²) in [7, 11) is 0. The number of hydrogen-bond acceptors (Lipinski definition) is 3. The number of aliphatic hydroxyl groups excluding tert-OH is 1. The van der Waals surface area contributed by atoms with Crippen LogP contribution in [0.5, 0.6) is 5.75 Å². The Balaban J connectivity index is 2.06. The first-order valence-electron chi connectivity index (χ1n) is 5.85. The highest BCUT2D eigenvalue weighted by atomic mass is 79.9. The van der Waals surface area contributed by atoms with E-state index in [2.05, 4.69) is 20.9 Å². The quantitative estimate of drug-likeness (QED) is 0.825. The predicted octanol–water partition coefficient (Wildman–Crippen LogP) is 2.88. The number of aromatic hydroxyl groups is 1. The van der Waals surface area contributed by atoms with Crippen molar-refractivity contribution in [1.29, 1.82) is 0 Å². The fourth-order valence-corrected chi connectivity index (χ4v) is 2.47. The van der Waals surface area contributed by atoms with Crippen molar-refractivity contribution in [3.63, 3.8) is 0 Å². The minimum absolute atomic E-state index is 0.178. The molecule has 17 heavy (non-hydrogen) atoms. The Bertz CT molecular complexity index is 420. The van der Waals surface area contributed by atoms with Crippen molar-refractivity contribution >= 4 is 22.1 Å². The van der Waals surface area contributed by atoms with Crippen LogP contribution in [-0.2, 0) is 0 Å². The Morgan fingerprint density at radius 3 is 2.94 bits per heavy atom. The summed E-state index contributed by atoms with van der Waals surface area (Å²) in [6.45, 7) is 0. The second-order valence-corrected chi connectivity index (χ2v) is 5.37. The molecule has 0 radical (unpaired) electrons. The molecule has 0 saturated heterocycles. The number of rotatable bonds is 2. The van der Waals surface area contributed by atoms with Gasteiger partial charge in [-0.1, -0.05) is 15.9 Å². The van der Waals surface area contributed by atoms with Crippen LogP contribution < -0.4 is 0 Å². The molecule has 2 rings (SSSR count). The maximum absolute atomic E-state index is 9.65. The van der Waals surface area contributed by atoms with Gasteiger partial charge in [0.05, 0.1) is 12.1 Å². The van der Waals surface area contributed by atoms with Gasteiger partial charge in [0, 0.05) is 16.3 Å². The van der Waals surface area contributed by atoms with E-state index >= 15 is 0 Å². The molecule has 0 aliphatic heterocycles. The lowest BCUT2D eigenvalue weighted by atomic mass is 9.93. The van der Waals surface area contributed by atoms with Crippen LogP contribution >= 0.6 is 15.9 Å². The third-order valence-corrected chi connectivity index (χ3v) is 3.53. The second-order valence-electron chi connectivity index (χ2n) is 4.46. The molecule has 1 aromatic rings. The summed E-state index contributed by atoms with van der Waals surface area (Å²) in [5.74, 6) is 0.230. The van der Waals surface area contributed by atoms with Crippen LogP contribution in [0.2, 0.25) is 0 Å². The standard InChI is InChI=1S/C13H16BrNO2/c14-10-4-5-13(17)9(6-10)8-15-11-2-1-3-12(16)7-11/h4-6,8,11-12,16-17H,1-3,7H2/t11-,12+/m0/s1. The van der Waals surface area contributed by atoms with E-state index in [1.54, 1.807) is 18.3 Å². The Labute approximate surface area is 109 Å². The van der Waals surface area contributed by atoms with Crippen molar-refractivity contribution in [3.05, 3.63) is 28.2 Å². The van der Waals surface area contributed by atoms with Crippen molar-refractivity contribution in [2.45, 2.75) is 37.8 Å². The molecule has 1 aromatic carbocycles. The Kier molecular flexibility index (Phi) is 4.18. The lowest BCUT2D eigenvalue weighted by Gasteiger charge is -2.22. The number of benzene rings is 1. The van der Waals surface area contributed by atoms with Gasteiger partial charge >= 0.3 is 0 Å². The van der Waals surface area contributed by atoms with Gasteiger partial charge in [-0.25, -0.2) is 0 Å². The van der Waals surface area contributed by atoms with Crippen LogP contribution in [0.1, 0.15) is 31.2 Å². The molecule has 2 N–H and O–H groups in total. The molecule has 0 bridgehead atoms. The largest absolute Gasteiger partial charge is 0.507 e. The molecule has 2 atom stereocenters. The third-order valence-electron chi connectivity index (χ3n) is 3.03. The predicted molar refractivity (Wildman–Crippen MR) is 71.7 cm³/mol. The van der Waals surface area contributed by atoms with Gasteiger partial charge in [-0.3, -0.25) is 4.99 Å². The van der Waals surface area contributed by atoms with E-state index in [0.29, 0.717) is 5.56 Å². The highest BCUT2D eigenvalue weighted by Crippen LogP contribution is 2.23. The average molecular weight is 298 g/mol. The number of nitrogens with zero attached hydrogens (tertiary/aromatic N) is 1. The average Bonchev–Trinajstić information content (AvgIpc) is 2.30. The molecule has 0 spiro atoms. The highest BCUT2D eigenvalue weighted by molar-refractivity contribution is 9.10. The Morgan fingerprint density at radius 1 is 1.35 bits per heavy atom. The minimum atomic E-state index is -0.220. The van der Waals surface area contributed by atoms with E-state index in [1.165, 1.54) is 0 Å². The Morgan fingerprint density at radius 2 is 2.18 bits per heavy atom. The van der Waals surface area contributed by atoms with Crippen molar-refractivity contribution in [2.75, 3.05) is 0 Å². The molecule has 0 unspecified atom stereocenters. The van der Waals surface area contributed by atoms with Gasteiger partial charge in [-0.2, -0.15) is 0 Å². The Hall–Kier alpha value is -0.870. The molecule has 92 valence electrons. The first-order valence-corrected chi connectivity index (χ1v) is 6.64. The molecule has 1 aliphatic rings. The molecule has 0 aromatic heterocycles. The SMILES string of the molecule is Oc1ccc(Br)cc1C=N[C@H]1CCC[C@@H](O)C1. The molecule has 0 amide bonds. The normalized spacial score (nSPS) is 25.3. The van der Waals surface area contributed by atoms with Crippen molar-refractivity contribution in [2.24, 2.45) is 4.99 Å². The molecule has 0 heterocycles. The van der Waals surface area contributed by atoms with Gasteiger partial charge in [0.2, 0.25) is 0 Å². The monoisotopic (exact) mass is 297 g/mol. The number of hydrogen-bond donors (Lipinski definition) is 2. The zero-order valence-electron chi connectivity index (χ0n) is 9.51. The maximum atomic E-state index is 9.65. The fraction of sp³-hybridized carbons (Fsp3) is 0.462. The number of halogens is 1. The third kappa shape index (κ3) is 3.54. The fourth-order valence-electron chi connectivity index (χ4n) is 2.09. The summed E-state index contributed by atoms with van der Waals surface area (Å²) in [5, 5.41) is 19.2. The summed E-state index contributed by atoms with van der Waals surface area (Å²) in [6.07, 6.45) is 5.13. The van der Waals surface area contributed by atoms with Crippen LogP contribution in [0.3, 0.4) is 0 Å². The van der Waals surface area contributed by atoms with Gasteiger partial charge in [0.25, 0.3) is 0 Å². The zero-order chi connectivity index (χ0) is 12.3. The van der Waals surface area contributed by atoms with Crippen molar-refractivity contribution < 1.29 is 10.2 Å². The van der Waals surface area contributed by atoms with Crippen LogP contribution in [0.4, 0.5) is 0 Å². The lowest BCUT2D eigenvalue weighted by molar-refractivity contribution is 0.121. The summed E-state index contributed by atoms with van der Waals surface area (Å²) in [6, 6.07) is 5.44. The van der Waals surface area contributed by atoms with Crippen LogP contribution in [-0.4, -0.2) is 28.6 Å². The smallest absolute Gasteiger partial charge is 0.124 e. The summed E-state index contributed by atoms with van der Waals surface area (Å²) in [4.78, 5) is 4.44. The van der Waals surface area contributed by atoms with E-state index < -0.39 is 0 Å². The maximum Gasteiger partial charge on any atom is 0.124 e. The van der Waals surface area contributed by atoms with Gasteiger partial charge in [-0.15, -0.1) is 0 Å². The number of phenolic OH excluding ortho intramolecular Hbond substituents is 1. The van der Waals surface area contributed by atoms with Gasteiger partial charge in [0.1, 0.15) is 5.75 Å². The molecule has 1 aliphatic carbocycles. The molecule has 3 nitrogen and oxygen atoms in total. The first-order chi connectivity index (χ1) is 8.15. The zero-order valence-corrected chi connectivity index (χ0v) is 11.1. The molecular formula is C13H16BrNO2. The first kappa shape index (κ1) is 12.6. The van der Waals surface area contributed by atoms with Crippen molar-refractivity contribution in [3.8, 4) is 5.75 Å². The number of aliphatic imine (C=N–C) groups is 1. The van der Waals surface area contributed by atoms with Gasteiger partial charge in [-0.05, 0) is 43.9 Å². The van der Waals surface area contributed by atoms with Gasteiger partial charge in [0.15, 0.2) is 0 Å². The van der Waals surface area contributed by atoms with Crippen molar-refractivity contribution in [1.82, 2.24) is 0 Å². The number of aliphatic hydroxyl groups is 1. The summed E-state index contributed by atoms with van der Waals surface area (Å²) in [5.41, 5.74) is 0.708. The van der Waals surface area contributed by atoms with Crippen LogP contribution in [0.25, 0.3) is 0 Å². The van der Waals surface area contributed by atoms with E-state index in [4.69, 9.17) is 0 Å². The lowest BCUT2D eigenvalue weighted by Crippen LogP contribution is -2.22. The van der Waals surface area contributed by atoms with E-state index in [-0.39, 0.29) is 17.9 Å². The van der Waals surface area contributed by atoms with E-state index in [0.717, 1.165) is 30.2 Å². The topological polar surface area (TPSA) is 52.8 Å². The van der Waals surface area contributed by atoms with Crippen LogP contribution in [0, 0.1) is 0 Å². The van der Waals surface area contributed by atoms with E-state index in [1.807, 2.05) is 6.07 Å². The molecule has 1 saturated carbocycles. The van der Waals surface area contributed by atoms with E-state index in [9.17, 15) is 10.2 Å². The van der Waals surface area contributed by atoms with Gasteiger partial charge < -0.3 is 10.2 Å². The second kappa shape index (κ2) is 5.65. The number of phenols is 1. The minimum Gasteiger partial charge on any atom is -0.507 e. The summed E-state index contributed by atoms with van der Waals surface area (Å²) < 4.78 is 0.917. The highest BCUT2D eigenvalue weighted by Gasteiger charge is 2.18.